The Labute approximate surface area is 381 Å². The highest BCUT2D eigenvalue weighted by Crippen LogP contribution is 2.62. The van der Waals surface area contributed by atoms with Crippen LogP contribution in [-0.2, 0) is 0 Å². The molecule has 6 aromatic rings. The Hall–Kier alpha value is -6.22. The van der Waals surface area contributed by atoms with E-state index in [2.05, 4.69) is 0 Å². The van der Waals surface area contributed by atoms with Gasteiger partial charge in [-0.25, -0.2) is 0 Å². The summed E-state index contributed by atoms with van der Waals surface area (Å²) in [5.41, 5.74) is 0. The van der Waals surface area contributed by atoms with Crippen molar-refractivity contribution in [2.75, 3.05) is 85.3 Å². The van der Waals surface area contributed by atoms with Crippen LogP contribution >= 0.6 is 14.1 Å². The van der Waals surface area contributed by atoms with Crippen molar-refractivity contribution in [2.24, 2.45) is 0 Å². The van der Waals surface area contributed by atoms with E-state index < -0.39 is 14.1 Å². The number of halogens is 1. The van der Waals surface area contributed by atoms with E-state index in [1.54, 1.807) is 85.3 Å². The third kappa shape index (κ3) is 8.10. The maximum Gasteiger partial charge on any atom is 0.323 e. The second-order valence-corrected chi connectivity index (χ2v) is 19.4. The third-order valence-electron chi connectivity index (χ3n) is 10.6. The Bertz CT molecular complexity index is 2120. The number of hydrogen-bond acceptors (Lipinski definition) is 12. The maximum absolute atomic E-state index is 6.73. The molecule has 0 N–H and O–H groups in total. The number of ether oxygens (including phenoxy) is 12. The molecule has 13 nitrogen and oxygen atoms in total. The van der Waals surface area contributed by atoms with Crippen LogP contribution < -0.4 is 105 Å². The average molecular weight is 934 g/mol. The highest BCUT2D eigenvalue weighted by Gasteiger charge is 2.57. The van der Waals surface area contributed by atoms with Gasteiger partial charge in [-0.3, -0.25) is 0 Å². The van der Waals surface area contributed by atoms with E-state index in [1.807, 2.05) is 109 Å². The van der Waals surface area contributed by atoms with Crippen molar-refractivity contribution in [1.29, 1.82) is 0 Å². The van der Waals surface area contributed by atoms with Crippen LogP contribution in [-0.4, -0.2) is 85.3 Å². The van der Waals surface area contributed by atoms with Crippen LogP contribution in [0.2, 0.25) is 0 Å². The minimum Gasteiger partial charge on any atom is -1.00 e. The van der Waals surface area contributed by atoms with Crippen molar-refractivity contribution >= 4 is 45.9 Å². The molecule has 16 heteroatoms. The van der Waals surface area contributed by atoms with Gasteiger partial charge in [0.05, 0.1) is 85.3 Å². The molecular weight excluding hydrogens is 880 g/mol. The minimum atomic E-state index is -4.09. The van der Waals surface area contributed by atoms with Crippen LogP contribution in [0.3, 0.4) is 0 Å². The largest absolute Gasteiger partial charge is 1.00 e. The summed E-state index contributed by atoms with van der Waals surface area (Å²) in [6.07, 6.45) is 0. The second-order valence-electron chi connectivity index (χ2n) is 13.4. The zero-order valence-corrected chi connectivity index (χ0v) is 40.6. The lowest BCUT2D eigenvalue weighted by atomic mass is 10.3. The molecule has 0 bridgehead atoms. The molecular formula is C48H54ClNO12P2. The van der Waals surface area contributed by atoms with Gasteiger partial charge in [-0.15, -0.1) is 4.17 Å². The van der Waals surface area contributed by atoms with Gasteiger partial charge in [0.2, 0.25) is 0 Å². The van der Waals surface area contributed by atoms with Crippen LogP contribution in [0.15, 0.2) is 109 Å². The molecule has 0 aliphatic carbocycles. The summed E-state index contributed by atoms with van der Waals surface area (Å²) >= 11 is 0. The van der Waals surface area contributed by atoms with E-state index in [1.165, 1.54) is 0 Å². The average Bonchev–Trinajstić information content (AvgIpc) is 3.35. The third-order valence-corrected chi connectivity index (χ3v) is 19.3. The van der Waals surface area contributed by atoms with Crippen molar-refractivity contribution in [3.05, 3.63) is 109 Å². The highest BCUT2D eigenvalue weighted by molar-refractivity contribution is 7.95. The summed E-state index contributed by atoms with van der Waals surface area (Å²) in [5.74, 6) is 5.13. The molecule has 0 amide bonds. The van der Waals surface area contributed by atoms with Crippen molar-refractivity contribution in [2.45, 2.75) is 0 Å². The molecule has 0 saturated heterocycles. The summed E-state index contributed by atoms with van der Waals surface area (Å²) in [4.78, 5) is 0. The lowest BCUT2D eigenvalue weighted by Crippen LogP contribution is -3.00. The van der Waals surface area contributed by atoms with E-state index in [0.29, 0.717) is 101 Å². The van der Waals surface area contributed by atoms with Crippen molar-refractivity contribution in [3.8, 4) is 69.0 Å². The first-order valence-corrected chi connectivity index (χ1v) is 23.0. The van der Waals surface area contributed by atoms with Gasteiger partial charge in [-0.2, -0.15) is 0 Å². The SMILES string of the molecule is COc1cccc(OC)c1P(=[N+]=P(c1c(OC)cccc1OC)(c1c(OC)cccc1OC)c1c(OC)cccc1OC)(c1c(OC)cccc1OC)c1c(OC)cccc1OC.[Cl-]. The molecule has 0 heterocycles. The molecule has 0 atom stereocenters. The molecule has 0 aromatic heterocycles. The van der Waals surface area contributed by atoms with Gasteiger partial charge in [-0.05, 0) is 72.8 Å². The molecule has 6 aromatic carbocycles. The van der Waals surface area contributed by atoms with Crippen molar-refractivity contribution in [1.82, 2.24) is 4.17 Å². The Balaban J connectivity index is 0.00000771. The van der Waals surface area contributed by atoms with Crippen LogP contribution in [0.4, 0.5) is 0 Å². The molecule has 0 saturated carbocycles. The predicted octanol–water partition coefficient (Wildman–Crippen LogP) is 3.52. The number of benzene rings is 6. The number of hydrogen-bond donors (Lipinski definition) is 0. The van der Waals surface area contributed by atoms with Gasteiger partial charge in [0, 0.05) is 0 Å². The van der Waals surface area contributed by atoms with Gasteiger partial charge in [0.1, 0.15) is 101 Å². The molecule has 0 radical (unpaired) electrons. The minimum absolute atomic E-state index is 0. The smallest absolute Gasteiger partial charge is 0.323 e. The molecule has 0 aliphatic heterocycles. The Morgan fingerprint density at radius 1 is 0.234 bits per heavy atom. The summed E-state index contributed by atoms with van der Waals surface area (Å²) in [5, 5.41) is 3.18. The fraction of sp³-hybridized carbons (Fsp3) is 0.250. The molecule has 6 rings (SSSR count). The summed E-state index contributed by atoms with van der Waals surface area (Å²) in [7, 11) is 11.0. The van der Waals surface area contributed by atoms with Gasteiger partial charge in [-0.1, -0.05) is 36.4 Å². The van der Waals surface area contributed by atoms with Crippen LogP contribution in [0.5, 0.6) is 69.0 Å². The first-order valence-electron chi connectivity index (χ1n) is 19.6. The summed E-state index contributed by atoms with van der Waals surface area (Å²) in [6.45, 7) is 0. The Morgan fingerprint density at radius 3 is 0.438 bits per heavy atom. The van der Waals surface area contributed by atoms with Gasteiger partial charge < -0.3 is 69.2 Å². The van der Waals surface area contributed by atoms with Crippen molar-refractivity contribution < 1.29 is 69.2 Å². The molecule has 0 fully saturated rings. The fourth-order valence-electron chi connectivity index (χ4n) is 8.04. The monoisotopic (exact) mass is 933 g/mol. The zero-order valence-electron chi connectivity index (χ0n) is 38.0. The van der Waals surface area contributed by atoms with Crippen LogP contribution in [0.25, 0.3) is 0 Å². The predicted molar refractivity (Wildman–Crippen MR) is 251 cm³/mol. The van der Waals surface area contributed by atoms with Gasteiger partial charge in [0.15, 0.2) is 0 Å². The molecule has 0 aliphatic rings. The first-order chi connectivity index (χ1) is 30.7. The topological polar surface area (TPSA) is 125 Å². The number of methoxy groups -OCH3 is 12. The number of nitrogens with zero attached hydrogens (tertiary/aromatic N) is 1. The van der Waals surface area contributed by atoms with E-state index >= 15 is 0 Å². The van der Waals surface area contributed by atoms with E-state index in [-0.39, 0.29) is 12.4 Å². The van der Waals surface area contributed by atoms with E-state index in [4.69, 9.17) is 61.0 Å². The molecule has 64 heavy (non-hydrogen) atoms. The second kappa shape index (κ2) is 21.4. The first kappa shape index (κ1) is 48.8. The normalized spacial score (nSPS) is 10.9. The fourth-order valence-corrected chi connectivity index (χ4v) is 19.0. The zero-order chi connectivity index (χ0) is 45.3. The lowest BCUT2D eigenvalue weighted by molar-refractivity contribution is -0.0000163. The van der Waals surface area contributed by atoms with Gasteiger partial charge in [0.25, 0.3) is 0 Å². The maximum atomic E-state index is 6.73. The highest BCUT2D eigenvalue weighted by atomic mass is 35.5. The summed E-state index contributed by atoms with van der Waals surface area (Å²) < 4.78 is 83.8. The Kier molecular flexibility index (Phi) is 16.3. The Morgan fingerprint density at radius 2 is 0.344 bits per heavy atom. The van der Waals surface area contributed by atoms with Crippen LogP contribution in [0.1, 0.15) is 0 Å². The van der Waals surface area contributed by atoms with Crippen LogP contribution in [0, 0.1) is 0 Å². The summed E-state index contributed by atoms with van der Waals surface area (Å²) in [6, 6.07) is 33.5. The quantitative estimate of drug-likeness (QED) is 0.0927. The van der Waals surface area contributed by atoms with Gasteiger partial charge >= 0.3 is 14.1 Å². The number of rotatable bonds is 18. The molecule has 0 unspecified atom stereocenters. The van der Waals surface area contributed by atoms with Crippen molar-refractivity contribution in [3.63, 3.8) is 0 Å². The van der Waals surface area contributed by atoms with E-state index in [0.717, 1.165) is 0 Å². The lowest BCUT2D eigenvalue weighted by Gasteiger charge is -2.29. The standard InChI is InChI=1S/C48H54NO12P2.ClH/c1-50-31-19-13-20-32(51-2)43(31)62(44-33(52-3)21-14-22-34(44)53-4,45-35(54-5)23-15-24-36(45)55-6)49-63(46-37(56-7)25-16-26-38(46)57-8,47-39(58-9)27-17-28-40(47)59-10)48-41(60-11)29-18-30-42(48)61-12;/h13-30H,1-12H3;1H/q+1;/p-1. The molecule has 0 spiro atoms. The molecule has 340 valence electrons. The van der Waals surface area contributed by atoms with E-state index in [9.17, 15) is 0 Å².